The number of amides is 1. The van der Waals surface area contributed by atoms with Gasteiger partial charge in [-0.25, -0.2) is 4.79 Å². The van der Waals surface area contributed by atoms with Gasteiger partial charge in [-0.15, -0.1) is 0 Å². The van der Waals surface area contributed by atoms with Crippen LogP contribution in [0.4, 0.5) is 14.5 Å². The maximum atomic E-state index is 12.0. The molecule has 0 heterocycles. The van der Waals surface area contributed by atoms with Crippen LogP contribution in [0.1, 0.15) is 17.3 Å². The second-order valence-electron chi connectivity index (χ2n) is 3.09. The minimum absolute atomic E-state index is 0.126. The van der Waals surface area contributed by atoms with Gasteiger partial charge in [0.2, 0.25) is 0 Å². The lowest BCUT2D eigenvalue weighted by molar-refractivity contribution is -0.126. The van der Waals surface area contributed by atoms with Crippen molar-refractivity contribution >= 4 is 17.6 Å². The summed E-state index contributed by atoms with van der Waals surface area (Å²) in [4.78, 5) is 22.1. The Hall–Kier alpha value is -1.98. The van der Waals surface area contributed by atoms with Gasteiger partial charge in [0, 0.05) is 5.69 Å². The largest absolute Gasteiger partial charge is 0.462 e. The van der Waals surface area contributed by atoms with Crippen LogP contribution >= 0.6 is 0 Å². The van der Waals surface area contributed by atoms with Crippen molar-refractivity contribution in [1.29, 1.82) is 0 Å². The summed E-state index contributed by atoms with van der Waals surface area (Å²) in [6.45, 7) is 1.87. The minimum Gasteiger partial charge on any atom is -0.462 e. The highest BCUT2D eigenvalue weighted by atomic mass is 19.3. The van der Waals surface area contributed by atoms with E-state index in [1.165, 1.54) is 24.3 Å². The predicted molar refractivity (Wildman–Crippen MR) is 57.0 cm³/mol. The van der Waals surface area contributed by atoms with E-state index in [-0.39, 0.29) is 17.9 Å². The summed E-state index contributed by atoms with van der Waals surface area (Å²) in [5.41, 5.74) is 0.319. The van der Waals surface area contributed by atoms with E-state index in [0.29, 0.717) is 0 Å². The molecule has 0 atom stereocenters. The second kappa shape index (κ2) is 5.93. The molecule has 0 aliphatic rings. The molecule has 0 radical (unpaired) electrons. The maximum Gasteiger partial charge on any atom is 0.338 e. The molecule has 0 saturated heterocycles. The molecule has 0 spiro atoms. The van der Waals surface area contributed by atoms with E-state index in [1.807, 2.05) is 5.32 Å². The maximum absolute atomic E-state index is 12.0. The molecule has 17 heavy (non-hydrogen) atoms. The summed E-state index contributed by atoms with van der Waals surface area (Å²) >= 11 is 0. The number of carbonyl (C=O) groups is 2. The van der Waals surface area contributed by atoms with Crippen molar-refractivity contribution in [2.75, 3.05) is 11.9 Å². The number of esters is 1. The third-order valence-electron chi connectivity index (χ3n) is 1.84. The molecular formula is C11H11F2NO3. The summed E-state index contributed by atoms with van der Waals surface area (Å²) in [5.74, 6) is -1.98. The lowest BCUT2D eigenvalue weighted by atomic mass is 10.2. The first-order valence-corrected chi connectivity index (χ1v) is 4.90. The average Bonchev–Trinajstić information content (AvgIpc) is 2.29. The van der Waals surface area contributed by atoms with Crippen LogP contribution < -0.4 is 5.32 Å². The molecular weight excluding hydrogens is 232 g/mol. The van der Waals surface area contributed by atoms with Gasteiger partial charge in [0.15, 0.2) is 0 Å². The van der Waals surface area contributed by atoms with Crippen molar-refractivity contribution in [1.82, 2.24) is 0 Å². The highest BCUT2D eigenvalue weighted by Crippen LogP contribution is 2.12. The number of hydrogen-bond acceptors (Lipinski definition) is 3. The van der Waals surface area contributed by atoms with Crippen LogP contribution in [0.5, 0.6) is 0 Å². The van der Waals surface area contributed by atoms with Crippen LogP contribution in [0.2, 0.25) is 0 Å². The zero-order chi connectivity index (χ0) is 12.8. The van der Waals surface area contributed by atoms with Crippen molar-refractivity contribution in [3.05, 3.63) is 29.8 Å². The Kier molecular flexibility index (Phi) is 4.56. The molecule has 1 aromatic rings. The molecule has 1 N–H and O–H groups in total. The molecule has 0 bridgehead atoms. The van der Waals surface area contributed by atoms with Gasteiger partial charge in [-0.2, -0.15) is 8.78 Å². The summed E-state index contributed by atoms with van der Waals surface area (Å²) in [6, 6.07) is 5.62. The molecule has 1 aromatic carbocycles. The van der Waals surface area contributed by atoms with Crippen LogP contribution in [-0.2, 0) is 9.53 Å². The van der Waals surface area contributed by atoms with Crippen molar-refractivity contribution in [3.8, 4) is 0 Å². The fourth-order valence-corrected chi connectivity index (χ4v) is 1.14. The third-order valence-corrected chi connectivity index (χ3v) is 1.84. The minimum atomic E-state index is -3.10. The Morgan fingerprint density at radius 3 is 2.71 bits per heavy atom. The first-order valence-electron chi connectivity index (χ1n) is 4.90. The number of nitrogens with one attached hydrogen (secondary N) is 1. The molecule has 0 saturated carbocycles. The number of carbonyl (C=O) groups excluding carboxylic acids is 2. The highest BCUT2D eigenvalue weighted by molar-refractivity contribution is 5.95. The smallest absolute Gasteiger partial charge is 0.338 e. The molecule has 0 aromatic heterocycles. The number of rotatable bonds is 4. The molecule has 6 heteroatoms. The molecule has 1 rings (SSSR count). The molecule has 0 fully saturated rings. The van der Waals surface area contributed by atoms with Gasteiger partial charge in [-0.05, 0) is 25.1 Å². The van der Waals surface area contributed by atoms with E-state index in [4.69, 9.17) is 4.74 Å². The van der Waals surface area contributed by atoms with Gasteiger partial charge >= 0.3 is 12.4 Å². The zero-order valence-electron chi connectivity index (χ0n) is 9.07. The Balaban J connectivity index is 2.79. The van der Waals surface area contributed by atoms with Crippen LogP contribution in [0.15, 0.2) is 24.3 Å². The Morgan fingerprint density at radius 2 is 2.12 bits per heavy atom. The van der Waals surface area contributed by atoms with Crippen molar-refractivity contribution in [2.24, 2.45) is 0 Å². The Morgan fingerprint density at radius 1 is 1.41 bits per heavy atom. The fourth-order valence-electron chi connectivity index (χ4n) is 1.14. The summed E-state index contributed by atoms with van der Waals surface area (Å²) in [6.07, 6.45) is -3.10. The van der Waals surface area contributed by atoms with E-state index >= 15 is 0 Å². The van der Waals surface area contributed by atoms with Crippen LogP contribution in [0, 0.1) is 0 Å². The highest BCUT2D eigenvalue weighted by Gasteiger charge is 2.15. The average molecular weight is 243 g/mol. The summed E-state index contributed by atoms with van der Waals surface area (Å²) < 4.78 is 28.7. The van der Waals surface area contributed by atoms with Crippen molar-refractivity contribution < 1.29 is 23.1 Å². The first-order chi connectivity index (χ1) is 8.04. The lowest BCUT2D eigenvalue weighted by Crippen LogP contribution is -2.20. The monoisotopic (exact) mass is 243 g/mol. The van der Waals surface area contributed by atoms with Crippen LogP contribution in [-0.4, -0.2) is 24.9 Å². The molecule has 0 aliphatic heterocycles. The Labute approximate surface area is 96.6 Å². The van der Waals surface area contributed by atoms with Crippen LogP contribution in [0.3, 0.4) is 0 Å². The number of alkyl halides is 2. The lowest BCUT2D eigenvalue weighted by Gasteiger charge is -2.06. The Bertz CT molecular complexity index is 421. The molecule has 4 nitrogen and oxygen atoms in total. The van der Waals surface area contributed by atoms with E-state index in [1.54, 1.807) is 6.92 Å². The van der Waals surface area contributed by atoms with Gasteiger partial charge in [0.1, 0.15) is 0 Å². The van der Waals surface area contributed by atoms with E-state index in [0.717, 1.165) is 0 Å². The summed E-state index contributed by atoms with van der Waals surface area (Å²) in [5, 5.41) is 1.98. The first kappa shape index (κ1) is 13.1. The van der Waals surface area contributed by atoms with E-state index in [9.17, 15) is 18.4 Å². The number of hydrogen-bond donors (Lipinski definition) is 1. The van der Waals surface area contributed by atoms with Crippen LogP contribution in [0.25, 0.3) is 0 Å². The normalized spacial score (nSPS) is 10.1. The quantitative estimate of drug-likeness (QED) is 0.823. The van der Waals surface area contributed by atoms with Crippen molar-refractivity contribution in [2.45, 2.75) is 13.3 Å². The molecule has 1 amide bonds. The van der Waals surface area contributed by atoms with Gasteiger partial charge in [0.05, 0.1) is 12.2 Å². The fraction of sp³-hybridized carbons (Fsp3) is 0.273. The SMILES string of the molecule is CCOC(=O)c1cccc(NC(=O)C(F)F)c1. The molecule has 0 unspecified atom stereocenters. The number of anilines is 1. The molecule has 0 aliphatic carbocycles. The second-order valence-corrected chi connectivity index (χ2v) is 3.09. The number of ether oxygens (including phenoxy) is 1. The van der Waals surface area contributed by atoms with E-state index in [2.05, 4.69) is 0 Å². The number of benzene rings is 1. The van der Waals surface area contributed by atoms with E-state index < -0.39 is 18.3 Å². The van der Waals surface area contributed by atoms with Crippen molar-refractivity contribution in [3.63, 3.8) is 0 Å². The van der Waals surface area contributed by atoms with Gasteiger partial charge in [-0.3, -0.25) is 4.79 Å². The topological polar surface area (TPSA) is 55.4 Å². The molecule has 92 valence electrons. The van der Waals surface area contributed by atoms with Gasteiger partial charge in [-0.1, -0.05) is 6.07 Å². The third kappa shape index (κ3) is 3.82. The zero-order valence-corrected chi connectivity index (χ0v) is 9.07. The van der Waals surface area contributed by atoms with Gasteiger partial charge < -0.3 is 10.1 Å². The number of halogens is 2. The van der Waals surface area contributed by atoms with Gasteiger partial charge in [0.25, 0.3) is 5.91 Å². The standard InChI is InChI=1S/C11H11F2NO3/c1-2-17-11(16)7-4-3-5-8(6-7)14-10(15)9(12)13/h3-6,9H,2H2,1H3,(H,14,15). The predicted octanol–water partition coefficient (Wildman–Crippen LogP) is 2.07. The summed E-state index contributed by atoms with van der Waals surface area (Å²) in [7, 11) is 0.